The van der Waals surface area contributed by atoms with Gasteiger partial charge in [-0.25, -0.2) is 0 Å². The zero-order valence-electron chi connectivity index (χ0n) is 11.1. The highest BCUT2D eigenvalue weighted by atomic mass is 16.5. The van der Waals surface area contributed by atoms with Gasteiger partial charge >= 0.3 is 0 Å². The molecule has 0 saturated heterocycles. The van der Waals surface area contributed by atoms with Crippen LogP contribution in [0.1, 0.15) is 12.8 Å². The van der Waals surface area contributed by atoms with E-state index in [0.717, 1.165) is 30.2 Å². The average molecular weight is 261 g/mol. The lowest BCUT2D eigenvalue weighted by Crippen LogP contribution is -2.35. The summed E-state index contributed by atoms with van der Waals surface area (Å²) >= 11 is 0. The minimum Gasteiger partial charge on any atom is -0.482 e. The number of ether oxygens (including phenoxy) is 1. The molecule has 2 aliphatic rings. The van der Waals surface area contributed by atoms with E-state index in [1.165, 1.54) is 12.8 Å². The Bertz CT molecular complexity index is 511. The maximum atomic E-state index is 11.6. The first-order chi connectivity index (χ1) is 9.13. The summed E-state index contributed by atoms with van der Waals surface area (Å²) in [7, 11) is 1.77. The molecule has 0 spiro atoms. The topological polar surface area (TPSA) is 67.6 Å². The van der Waals surface area contributed by atoms with E-state index < -0.39 is 0 Å². The number of fused-ring (bicyclic) bond motifs is 1. The lowest BCUT2D eigenvalue weighted by molar-refractivity contribution is -0.120. The van der Waals surface area contributed by atoms with Crippen LogP contribution >= 0.6 is 0 Å². The molecule has 1 aliphatic carbocycles. The minimum absolute atomic E-state index is 0.0229. The van der Waals surface area contributed by atoms with Crippen molar-refractivity contribution < 1.29 is 9.53 Å². The van der Waals surface area contributed by atoms with Crippen LogP contribution in [0.15, 0.2) is 18.2 Å². The van der Waals surface area contributed by atoms with Crippen LogP contribution in [0.25, 0.3) is 0 Å². The zero-order chi connectivity index (χ0) is 13.5. The number of nitrogens with two attached hydrogens (primary N) is 1. The van der Waals surface area contributed by atoms with Crippen molar-refractivity contribution in [3.05, 3.63) is 18.2 Å². The number of carbonyl (C=O) groups excluding carboxylic acids is 1. The fraction of sp³-hybridized carbons (Fsp3) is 0.500. The fourth-order valence-corrected chi connectivity index (χ4v) is 2.30. The van der Waals surface area contributed by atoms with Crippen molar-refractivity contribution in [2.45, 2.75) is 12.8 Å². The Morgan fingerprint density at radius 3 is 2.95 bits per heavy atom. The van der Waals surface area contributed by atoms with Crippen LogP contribution in [-0.4, -0.2) is 32.7 Å². The summed E-state index contributed by atoms with van der Waals surface area (Å²) in [4.78, 5) is 13.2. The highest BCUT2D eigenvalue weighted by Gasteiger charge is 2.40. The van der Waals surface area contributed by atoms with Gasteiger partial charge in [-0.1, -0.05) is 0 Å². The molecule has 1 amide bonds. The second-order valence-corrected chi connectivity index (χ2v) is 5.48. The molecule has 3 N–H and O–H groups in total. The first kappa shape index (κ1) is 12.3. The molecule has 1 saturated carbocycles. The van der Waals surface area contributed by atoms with Crippen molar-refractivity contribution in [3.8, 4) is 5.75 Å². The van der Waals surface area contributed by atoms with Gasteiger partial charge in [-0.15, -0.1) is 0 Å². The van der Waals surface area contributed by atoms with Gasteiger partial charge in [0.25, 0.3) is 5.91 Å². The Kier molecular flexibility index (Phi) is 2.86. The summed E-state index contributed by atoms with van der Waals surface area (Å²) in [6.45, 7) is 1.74. The van der Waals surface area contributed by atoms with Crippen molar-refractivity contribution in [1.82, 2.24) is 0 Å². The van der Waals surface area contributed by atoms with Crippen molar-refractivity contribution in [2.24, 2.45) is 11.1 Å². The molecule has 1 fully saturated rings. The molecular formula is C14H19N3O2. The molecular weight excluding hydrogens is 242 g/mol. The highest BCUT2D eigenvalue weighted by molar-refractivity contribution is 5.97. The van der Waals surface area contributed by atoms with Gasteiger partial charge in [-0.05, 0) is 43.0 Å². The van der Waals surface area contributed by atoms with Crippen molar-refractivity contribution >= 4 is 17.3 Å². The Morgan fingerprint density at radius 1 is 1.47 bits per heavy atom. The highest BCUT2D eigenvalue weighted by Crippen LogP contribution is 2.44. The van der Waals surface area contributed by atoms with E-state index in [1.807, 2.05) is 18.2 Å². The van der Waals surface area contributed by atoms with E-state index >= 15 is 0 Å². The third-order valence-electron chi connectivity index (χ3n) is 4.10. The molecule has 19 heavy (non-hydrogen) atoms. The van der Waals surface area contributed by atoms with Gasteiger partial charge in [0.15, 0.2) is 6.61 Å². The second-order valence-electron chi connectivity index (χ2n) is 5.48. The van der Waals surface area contributed by atoms with Gasteiger partial charge in [0.1, 0.15) is 5.75 Å². The van der Waals surface area contributed by atoms with Gasteiger partial charge in [0.2, 0.25) is 0 Å². The lowest BCUT2D eigenvalue weighted by atomic mass is 10.1. The molecule has 0 unspecified atom stereocenters. The van der Waals surface area contributed by atoms with Crippen LogP contribution in [0.3, 0.4) is 0 Å². The minimum atomic E-state index is -0.0229. The van der Waals surface area contributed by atoms with Crippen LogP contribution in [0, 0.1) is 5.41 Å². The number of hydrogen-bond donors (Lipinski definition) is 2. The first-order valence-electron chi connectivity index (χ1n) is 6.61. The van der Waals surface area contributed by atoms with E-state index in [-0.39, 0.29) is 17.9 Å². The van der Waals surface area contributed by atoms with E-state index in [0.29, 0.717) is 0 Å². The monoisotopic (exact) mass is 261 g/mol. The largest absolute Gasteiger partial charge is 0.482 e. The number of carbonyl (C=O) groups is 1. The van der Waals surface area contributed by atoms with E-state index in [9.17, 15) is 4.79 Å². The smallest absolute Gasteiger partial charge is 0.264 e. The third kappa shape index (κ3) is 2.26. The number of hydrogen-bond acceptors (Lipinski definition) is 4. The molecule has 3 rings (SSSR count). The Balaban J connectivity index is 1.75. The number of amides is 1. The second kappa shape index (κ2) is 4.42. The van der Waals surface area contributed by atoms with E-state index in [1.54, 1.807) is 11.9 Å². The molecule has 1 aromatic carbocycles. The lowest BCUT2D eigenvalue weighted by Gasteiger charge is -2.26. The summed E-state index contributed by atoms with van der Waals surface area (Å²) in [5.74, 6) is 0.734. The number of anilines is 2. The predicted octanol–water partition coefficient (Wildman–Crippen LogP) is 1.19. The van der Waals surface area contributed by atoms with E-state index in [4.69, 9.17) is 10.5 Å². The standard InChI is InChI=1S/C14H19N3O2/c1-17-11-6-10(16-9-14(8-15)4-5-14)2-3-12(11)19-7-13(17)18/h2-3,6,16H,4-5,7-9,15H2,1H3. The van der Waals surface area contributed by atoms with Gasteiger partial charge in [-0.3, -0.25) is 4.79 Å². The van der Waals surface area contributed by atoms with Gasteiger partial charge < -0.3 is 20.7 Å². The maximum absolute atomic E-state index is 11.6. The summed E-state index contributed by atoms with van der Waals surface area (Å²) in [5.41, 5.74) is 7.88. The van der Waals surface area contributed by atoms with Crippen molar-refractivity contribution in [3.63, 3.8) is 0 Å². The van der Waals surface area contributed by atoms with Gasteiger partial charge in [0, 0.05) is 19.3 Å². The molecule has 0 atom stereocenters. The molecule has 1 aromatic rings. The average Bonchev–Trinajstić information content (AvgIpc) is 3.22. The van der Waals surface area contributed by atoms with Crippen molar-refractivity contribution in [2.75, 3.05) is 37.0 Å². The third-order valence-corrected chi connectivity index (χ3v) is 4.10. The van der Waals surface area contributed by atoms with Crippen LogP contribution in [-0.2, 0) is 4.79 Å². The summed E-state index contributed by atoms with van der Waals surface area (Å²) in [6.07, 6.45) is 2.39. The summed E-state index contributed by atoms with van der Waals surface area (Å²) in [6, 6.07) is 5.84. The zero-order valence-corrected chi connectivity index (χ0v) is 11.1. The van der Waals surface area contributed by atoms with Gasteiger partial charge in [-0.2, -0.15) is 0 Å². The maximum Gasteiger partial charge on any atom is 0.264 e. The number of benzene rings is 1. The van der Waals surface area contributed by atoms with E-state index in [2.05, 4.69) is 5.32 Å². The number of likely N-dealkylation sites (N-methyl/N-ethyl adjacent to an activating group) is 1. The molecule has 0 aromatic heterocycles. The number of nitrogens with zero attached hydrogens (tertiary/aromatic N) is 1. The molecule has 5 nitrogen and oxygen atoms in total. The van der Waals surface area contributed by atoms with Gasteiger partial charge in [0.05, 0.1) is 5.69 Å². The Labute approximate surface area is 112 Å². The normalized spacial score (nSPS) is 19.7. The molecule has 5 heteroatoms. The van der Waals surface area contributed by atoms with Crippen LogP contribution in [0.2, 0.25) is 0 Å². The Morgan fingerprint density at radius 2 is 2.26 bits per heavy atom. The van der Waals surface area contributed by atoms with Crippen molar-refractivity contribution in [1.29, 1.82) is 0 Å². The SMILES string of the molecule is CN1C(=O)COc2ccc(NCC3(CN)CC3)cc21. The predicted molar refractivity (Wildman–Crippen MR) is 74.6 cm³/mol. The molecule has 102 valence electrons. The van der Waals surface area contributed by atoms with Crippen LogP contribution in [0.5, 0.6) is 5.75 Å². The molecule has 0 bridgehead atoms. The first-order valence-corrected chi connectivity index (χ1v) is 6.61. The number of nitrogens with one attached hydrogen (secondary N) is 1. The summed E-state index contributed by atoms with van der Waals surface area (Å²) in [5, 5.41) is 3.41. The molecule has 0 radical (unpaired) electrons. The number of rotatable bonds is 4. The van der Waals surface area contributed by atoms with Crippen LogP contribution in [0.4, 0.5) is 11.4 Å². The molecule has 1 aliphatic heterocycles. The molecule has 1 heterocycles. The van der Waals surface area contributed by atoms with Crippen LogP contribution < -0.4 is 20.7 Å². The fourth-order valence-electron chi connectivity index (χ4n) is 2.30. The quantitative estimate of drug-likeness (QED) is 0.854. The summed E-state index contributed by atoms with van der Waals surface area (Å²) < 4.78 is 5.40. The Hall–Kier alpha value is -1.75.